The van der Waals surface area contributed by atoms with Crippen molar-refractivity contribution in [1.82, 2.24) is 14.8 Å². The molecule has 5 rings (SSSR count). The van der Waals surface area contributed by atoms with E-state index >= 15 is 0 Å². The van der Waals surface area contributed by atoms with Crippen LogP contribution in [0.1, 0.15) is 33.6 Å². The van der Waals surface area contributed by atoms with Crippen LogP contribution in [0, 0.1) is 0 Å². The van der Waals surface area contributed by atoms with E-state index < -0.39 is 0 Å². The summed E-state index contributed by atoms with van der Waals surface area (Å²) in [5.41, 5.74) is 2.16. The Morgan fingerprint density at radius 2 is 1.52 bits per heavy atom. The van der Waals surface area contributed by atoms with Gasteiger partial charge in [-0.3, -0.25) is 9.59 Å². The highest BCUT2D eigenvalue weighted by molar-refractivity contribution is 6.02. The van der Waals surface area contributed by atoms with E-state index in [1.54, 1.807) is 24.1 Å². The van der Waals surface area contributed by atoms with Crippen LogP contribution in [0.5, 0.6) is 5.75 Å². The second-order valence-corrected chi connectivity index (χ2v) is 8.56. The normalized spacial score (nSPS) is 16.3. The first-order chi connectivity index (χ1) is 16.1. The molecule has 1 aromatic heterocycles. The standard InChI is InChI=1S/C26H28N4O3/c1-33-21-9-6-8-20(17-21)25(31)29-13-15-30(16-14-29)26(32)22-18-19-7-2-3-10-23(19)27-24(22)28-11-4-5-12-28/h2-3,6-10,17-18H,4-5,11-16H2,1H3. The third-order valence-electron chi connectivity index (χ3n) is 6.51. The molecule has 0 unspecified atom stereocenters. The van der Waals surface area contributed by atoms with Crippen LogP contribution in [-0.2, 0) is 0 Å². The molecule has 33 heavy (non-hydrogen) atoms. The number of anilines is 1. The molecular formula is C26H28N4O3. The van der Waals surface area contributed by atoms with Crippen molar-refractivity contribution in [3.05, 3.63) is 65.7 Å². The third kappa shape index (κ3) is 4.23. The van der Waals surface area contributed by atoms with E-state index in [4.69, 9.17) is 9.72 Å². The predicted octanol–water partition coefficient (Wildman–Crippen LogP) is 3.44. The number of methoxy groups -OCH3 is 1. The van der Waals surface area contributed by atoms with Crippen LogP contribution < -0.4 is 9.64 Å². The molecule has 2 aliphatic rings. The third-order valence-corrected chi connectivity index (χ3v) is 6.51. The monoisotopic (exact) mass is 444 g/mol. The van der Waals surface area contributed by atoms with E-state index in [0.717, 1.165) is 42.7 Å². The van der Waals surface area contributed by atoms with Crippen molar-refractivity contribution in [2.24, 2.45) is 0 Å². The number of ether oxygens (including phenoxy) is 1. The summed E-state index contributed by atoms with van der Waals surface area (Å²) >= 11 is 0. The molecule has 2 aliphatic heterocycles. The minimum atomic E-state index is -0.0360. The molecule has 0 radical (unpaired) electrons. The minimum absolute atomic E-state index is 0.0105. The molecule has 2 amide bonds. The first-order valence-electron chi connectivity index (χ1n) is 11.5. The van der Waals surface area contributed by atoms with Crippen LogP contribution in [-0.4, -0.2) is 73.0 Å². The number of piperazine rings is 1. The molecule has 0 aliphatic carbocycles. The molecule has 3 heterocycles. The Morgan fingerprint density at radius 3 is 2.24 bits per heavy atom. The van der Waals surface area contributed by atoms with Gasteiger partial charge in [0.25, 0.3) is 11.8 Å². The fourth-order valence-electron chi connectivity index (χ4n) is 4.65. The summed E-state index contributed by atoms with van der Waals surface area (Å²) < 4.78 is 5.24. The number of benzene rings is 2. The lowest BCUT2D eigenvalue weighted by atomic mass is 10.1. The van der Waals surface area contributed by atoms with Crippen LogP contribution >= 0.6 is 0 Å². The summed E-state index contributed by atoms with van der Waals surface area (Å²) in [6.45, 7) is 3.86. The summed E-state index contributed by atoms with van der Waals surface area (Å²) in [5.74, 6) is 1.40. The highest BCUT2D eigenvalue weighted by Gasteiger charge is 2.29. The Hall–Kier alpha value is -3.61. The number of pyridine rings is 1. The van der Waals surface area contributed by atoms with E-state index in [1.165, 1.54) is 0 Å². The summed E-state index contributed by atoms with van der Waals surface area (Å²) in [6, 6.07) is 17.1. The molecule has 0 saturated carbocycles. The van der Waals surface area contributed by atoms with Crippen molar-refractivity contribution in [1.29, 1.82) is 0 Å². The zero-order chi connectivity index (χ0) is 22.8. The number of aromatic nitrogens is 1. The van der Waals surface area contributed by atoms with Crippen molar-refractivity contribution in [3.63, 3.8) is 0 Å². The van der Waals surface area contributed by atoms with Crippen molar-refractivity contribution < 1.29 is 14.3 Å². The number of hydrogen-bond acceptors (Lipinski definition) is 5. The topological polar surface area (TPSA) is 66.0 Å². The van der Waals surface area contributed by atoms with Gasteiger partial charge in [-0.05, 0) is 43.2 Å². The molecule has 0 spiro atoms. The summed E-state index contributed by atoms with van der Waals surface area (Å²) in [7, 11) is 1.59. The predicted molar refractivity (Wildman–Crippen MR) is 128 cm³/mol. The average Bonchev–Trinajstić information content (AvgIpc) is 3.42. The van der Waals surface area contributed by atoms with E-state index in [0.29, 0.717) is 43.1 Å². The molecule has 0 bridgehead atoms. The largest absolute Gasteiger partial charge is 0.497 e. The number of carbonyl (C=O) groups excluding carboxylic acids is 2. The molecule has 2 aromatic carbocycles. The Balaban J connectivity index is 1.34. The Labute approximate surface area is 193 Å². The van der Waals surface area contributed by atoms with Crippen LogP contribution in [0.15, 0.2) is 54.6 Å². The van der Waals surface area contributed by atoms with Crippen molar-refractivity contribution in [2.75, 3.05) is 51.3 Å². The summed E-state index contributed by atoms with van der Waals surface area (Å²) in [5, 5.41) is 0.968. The van der Waals surface area contributed by atoms with Crippen molar-refractivity contribution in [2.45, 2.75) is 12.8 Å². The van der Waals surface area contributed by atoms with Crippen LogP contribution in [0.4, 0.5) is 5.82 Å². The smallest absolute Gasteiger partial charge is 0.257 e. The maximum Gasteiger partial charge on any atom is 0.257 e. The van der Waals surface area contributed by atoms with Crippen molar-refractivity contribution >= 4 is 28.5 Å². The van der Waals surface area contributed by atoms with Gasteiger partial charge in [-0.2, -0.15) is 0 Å². The lowest BCUT2D eigenvalue weighted by Gasteiger charge is -2.35. The SMILES string of the molecule is COc1cccc(C(=O)N2CCN(C(=O)c3cc4ccccc4nc3N3CCCC3)CC2)c1. The summed E-state index contributed by atoms with van der Waals surface area (Å²) in [6.07, 6.45) is 2.24. The fraction of sp³-hybridized carbons (Fsp3) is 0.346. The molecule has 7 heteroatoms. The second kappa shape index (κ2) is 9.10. The number of hydrogen-bond donors (Lipinski definition) is 0. The Bertz CT molecular complexity index is 1180. The number of fused-ring (bicyclic) bond motifs is 1. The first-order valence-corrected chi connectivity index (χ1v) is 11.5. The van der Waals surface area contributed by atoms with Gasteiger partial charge in [0.1, 0.15) is 11.6 Å². The number of carbonyl (C=O) groups is 2. The fourth-order valence-corrected chi connectivity index (χ4v) is 4.65. The van der Waals surface area contributed by atoms with Gasteiger partial charge in [0, 0.05) is 50.2 Å². The van der Waals surface area contributed by atoms with Crippen LogP contribution in [0.25, 0.3) is 10.9 Å². The van der Waals surface area contributed by atoms with Gasteiger partial charge in [-0.1, -0.05) is 24.3 Å². The zero-order valence-electron chi connectivity index (χ0n) is 18.9. The highest BCUT2D eigenvalue weighted by Crippen LogP contribution is 2.28. The van der Waals surface area contributed by atoms with Gasteiger partial charge in [-0.25, -0.2) is 4.98 Å². The van der Waals surface area contributed by atoms with Crippen molar-refractivity contribution in [3.8, 4) is 5.75 Å². The molecule has 0 N–H and O–H groups in total. The Morgan fingerprint density at radius 1 is 0.818 bits per heavy atom. The molecule has 0 atom stereocenters. The highest BCUT2D eigenvalue weighted by atomic mass is 16.5. The quantitative estimate of drug-likeness (QED) is 0.617. The zero-order valence-corrected chi connectivity index (χ0v) is 18.9. The molecule has 170 valence electrons. The maximum atomic E-state index is 13.6. The number of rotatable bonds is 4. The van der Waals surface area contributed by atoms with E-state index in [-0.39, 0.29) is 11.8 Å². The molecule has 2 saturated heterocycles. The molecule has 7 nitrogen and oxygen atoms in total. The van der Waals surface area contributed by atoms with Gasteiger partial charge in [0.2, 0.25) is 0 Å². The van der Waals surface area contributed by atoms with Crippen LogP contribution in [0.3, 0.4) is 0 Å². The van der Waals surface area contributed by atoms with Gasteiger partial charge in [0.15, 0.2) is 0 Å². The number of nitrogens with zero attached hydrogens (tertiary/aromatic N) is 4. The second-order valence-electron chi connectivity index (χ2n) is 8.56. The van der Waals surface area contributed by atoms with Gasteiger partial charge in [0.05, 0.1) is 18.2 Å². The van der Waals surface area contributed by atoms with Gasteiger partial charge in [-0.15, -0.1) is 0 Å². The average molecular weight is 445 g/mol. The van der Waals surface area contributed by atoms with Gasteiger partial charge >= 0.3 is 0 Å². The van der Waals surface area contributed by atoms with Crippen LogP contribution in [0.2, 0.25) is 0 Å². The minimum Gasteiger partial charge on any atom is -0.497 e. The lowest BCUT2D eigenvalue weighted by molar-refractivity contribution is 0.0535. The van der Waals surface area contributed by atoms with E-state index in [1.807, 2.05) is 47.4 Å². The molecular weight excluding hydrogens is 416 g/mol. The number of para-hydroxylation sites is 1. The summed E-state index contributed by atoms with van der Waals surface area (Å²) in [4.78, 5) is 37.3. The van der Waals surface area contributed by atoms with E-state index in [9.17, 15) is 9.59 Å². The van der Waals surface area contributed by atoms with Gasteiger partial charge < -0.3 is 19.4 Å². The Kier molecular flexibility index (Phi) is 5.86. The lowest BCUT2D eigenvalue weighted by Crippen LogP contribution is -2.50. The maximum absolute atomic E-state index is 13.6. The first kappa shape index (κ1) is 21.2. The number of amides is 2. The van der Waals surface area contributed by atoms with E-state index in [2.05, 4.69) is 4.90 Å². The molecule has 2 fully saturated rings. The molecule has 3 aromatic rings.